The van der Waals surface area contributed by atoms with Crippen molar-refractivity contribution >= 4 is 21.8 Å². The Kier molecular flexibility index (Phi) is 4.75. The molecule has 0 spiro atoms. The van der Waals surface area contributed by atoms with Crippen LogP contribution in [-0.4, -0.2) is 56.2 Å². The first-order valence-electron chi connectivity index (χ1n) is 7.60. The van der Waals surface area contributed by atoms with Crippen LogP contribution in [-0.2, 0) is 10.0 Å². The summed E-state index contributed by atoms with van der Waals surface area (Å²) in [4.78, 5) is 0. The summed E-state index contributed by atoms with van der Waals surface area (Å²) in [5.41, 5.74) is 0. The van der Waals surface area contributed by atoms with Crippen molar-refractivity contribution in [1.29, 1.82) is 0 Å². The van der Waals surface area contributed by atoms with Crippen LogP contribution >= 0.6 is 11.8 Å². The number of allylic oxidation sites excluding steroid dienone is 2. The number of hydrogen-bond donors (Lipinski definition) is 1. The number of sulfonamides is 1. The average Bonchev–Trinajstić information content (AvgIpc) is 3.07. The zero-order valence-electron chi connectivity index (χ0n) is 11.8. The Morgan fingerprint density at radius 1 is 1.20 bits per heavy atom. The monoisotopic (exact) mass is 316 g/mol. The van der Waals surface area contributed by atoms with Crippen LogP contribution in [0.1, 0.15) is 12.8 Å². The molecule has 3 aliphatic rings. The SMILES string of the molecule is O=S(=O)(CCNCC1CC2C=CC1C2)N1CCSCC1. The van der Waals surface area contributed by atoms with E-state index in [9.17, 15) is 8.42 Å². The van der Waals surface area contributed by atoms with E-state index < -0.39 is 10.0 Å². The molecule has 20 heavy (non-hydrogen) atoms. The van der Waals surface area contributed by atoms with E-state index in [-0.39, 0.29) is 5.75 Å². The van der Waals surface area contributed by atoms with Crippen molar-refractivity contribution in [3.8, 4) is 0 Å². The predicted octanol–water partition coefficient (Wildman–Crippen LogP) is 1.17. The second-order valence-corrected chi connectivity index (χ2v) is 9.39. The lowest BCUT2D eigenvalue weighted by Crippen LogP contribution is -2.41. The van der Waals surface area contributed by atoms with Crippen LogP contribution in [0.5, 0.6) is 0 Å². The fraction of sp³-hybridized carbons (Fsp3) is 0.857. The summed E-state index contributed by atoms with van der Waals surface area (Å²) >= 11 is 1.84. The molecule has 1 aliphatic heterocycles. The number of fused-ring (bicyclic) bond motifs is 2. The second kappa shape index (κ2) is 6.38. The van der Waals surface area contributed by atoms with Gasteiger partial charge in [0, 0.05) is 31.1 Å². The molecule has 114 valence electrons. The van der Waals surface area contributed by atoms with Gasteiger partial charge in [0.25, 0.3) is 0 Å². The maximum atomic E-state index is 12.2. The fourth-order valence-electron chi connectivity index (χ4n) is 3.57. The van der Waals surface area contributed by atoms with Crippen molar-refractivity contribution in [3.63, 3.8) is 0 Å². The van der Waals surface area contributed by atoms with Gasteiger partial charge in [0.15, 0.2) is 0 Å². The van der Waals surface area contributed by atoms with Gasteiger partial charge in [-0.3, -0.25) is 0 Å². The van der Waals surface area contributed by atoms with Gasteiger partial charge in [-0.1, -0.05) is 12.2 Å². The Balaban J connectivity index is 1.38. The zero-order chi connectivity index (χ0) is 14.0. The van der Waals surface area contributed by atoms with E-state index >= 15 is 0 Å². The van der Waals surface area contributed by atoms with Crippen LogP contribution in [0.3, 0.4) is 0 Å². The summed E-state index contributed by atoms with van der Waals surface area (Å²) in [6.45, 7) is 2.93. The van der Waals surface area contributed by atoms with Gasteiger partial charge >= 0.3 is 0 Å². The van der Waals surface area contributed by atoms with Crippen molar-refractivity contribution in [2.75, 3.05) is 43.4 Å². The van der Waals surface area contributed by atoms with E-state index in [4.69, 9.17) is 0 Å². The van der Waals surface area contributed by atoms with Gasteiger partial charge in [-0.15, -0.1) is 0 Å². The van der Waals surface area contributed by atoms with Crippen molar-refractivity contribution in [2.45, 2.75) is 12.8 Å². The van der Waals surface area contributed by atoms with Crippen molar-refractivity contribution in [2.24, 2.45) is 17.8 Å². The first-order chi connectivity index (χ1) is 9.65. The molecule has 0 radical (unpaired) electrons. The highest BCUT2D eigenvalue weighted by atomic mass is 32.2. The van der Waals surface area contributed by atoms with Crippen LogP contribution in [0.15, 0.2) is 12.2 Å². The molecule has 2 fully saturated rings. The lowest BCUT2D eigenvalue weighted by molar-refractivity contribution is 0.415. The van der Waals surface area contributed by atoms with Crippen LogP contribution in [0, 0.1) is 17.8 Å². The molecule has 3 rings (SSSR count). The van der Waals surface area contributed by atoms with E-state index in [0.29, 0.717) is 19.6 Å². The highest BCUT2D eigenvalue weighted by Gasteiger charge is 2.35. The van der Waals surface area contributed by atoms with E-state index in [1.54, 1.807) is 4.31 Å². The molecule has 2 aliphatic carbocycles. The lowest BCUT2D eigenvalue weighted by atomic mass is 9.94. The van der Waals surface area contributed by atoms with Gasteiger partial charge < -0.3 is 5.32 Å². The van der Waals surface area contributed by atoms with Gasteiger partial charge in [0.1, 0.15) is 0 Å². The fourth-order valence-corrected chi connectivity index (χ4v) is 6.11. The second-order valence-electron chi connectivity index (χ2n) is 6.07. The topological polar surface area (TPSA) is 49.4 Å². The summed E-state index contributed by atoms with van der Waals surface area (Å²) in [6, 6.07) is 0. The number of nitrogens with one attached hydrogen (secondary N) is 1. The van der Waals surface area contributed by atoms with Gasteiger partial charge in [-0.2, -0.15) is 11.8 Å². The molecule has 6 heteroatoms. The molecule has 0 amide bonds. The normalized spacial score (nSPS) is 33.9. The van der Waals surface area contributed by atoms with Crippen molar-refractivity contribution in [1.82, 2.24) is 9.62 Å². The van der Waals surface area contributed by atoms with Crippen molar-refractivity contribution < 1.29 is 8.42 Å². The first kappa shape index (κ1) is 14.9. The Hall–Kier alpha value is -0.0400. The maximum absolute atomic E-state index is 12.2. The third-order valence-electron chi connectivity index (χ3n) is 4.72. The van der Waals surface area contributed by atoms with Crippen LogP contribution in [0.2, 0.25) is 0 Å². The minimum Gasteiger partial charge on any atom is -0.315 e. The molecule has 3 unspecified atom stereocenters. The zero-order valence-corrected chi connectivity index (χ0v) is 13.5. The minimum atomic E-state index is -3.05. The van der Waals surface area contributed by atoms with E-state index in [0.717, 1.165) is 35.8 Å². The highest BCUT2D eigenvalue weighted by molar-refractivity contribution is 7.99. The maximum Gasteiger partial charge on any atom is 0.215 e. The molecule has 0 aromatic heterocycles. The Bertz CT molecular complexity index is 458. The molecular weight excluding hydrogens is 292 g/mol. The summed E-state index contributed by atoms with van der Waals surface area (Å²) in [5.74, 6) is 4.37. The highest BCUT2D eigenvalue weighted by Crippen LogP contribution is 2.42. The number of thioether (sulfide) groups is 1. The molecule has 1 N–H and O–H groups in total. The Morgan fingerprint density at radius 3 is 2.65 bits per heavy atom. The summed E-state index contributed by atoms with van der Waals surface area (Å²) < 4.78 is 26.0. The molecule has 2 bridgehead atoms. The number of nitrogens with zero attached hydrogens (tertiary/aromatic N) is 1. The molecule has 1 saturated heterocycles. The molecule has 0 aromatic carbocycles. The number of rotatable bonds is 6. The van der Waals surface area contributed by atoms with Gasteiger partial charge in [0.05, 0.1) is 5.75 Å². The van der Waals surface area contributed by atoms with Gasteiger partial charge in [0.2, 0.25) is 10.0 Å². The molecule has 3 atom stereocenters. The lowest BCUT2D eigenvalue weighted by Gasteiger charge is -2.26. The molecule has 1 heterocycles. The Morgan fingerprint density at radius 2 is 2.00 bits per heavy atom. The van der Waals surface area contributed by atoms with E-state index in [1.165, 1.54) is 12.8 Å². The predicted molar refractivity (Wildman–Crippen MR) is 84.4 cm³/mol. The van der Waals surface area contributed by atoms with E-state index in [1.807, 2.05) is 11.8 Å². The summed E-state index contributed by atoms with van der Waals surface area (Å²) in [6.07, 6.45) is 7.29. The minimum absolute atomic E-state index is 0.244. The third kappa shape index (κ3) is 3.40. The van der Waals surface area contributed by atoms with Crippen LogP contribution in [0.25, 0.3) is 0 Å². The van der Waals surface area contributed by atoms with Crippen LogP contribution in [0.4, 0.5) is 0 Å². The summed E-state index contributed by atoms with van der Waals surface area (Å²) in [7, 11) is -3.05. The summed E-state index contributed by atoms with van der Waals surface area (Å²) in [5, 5.41) is 3.36. The molecule has 0 aromatic rings. The Labute approximate surface area is 126 Å². The van der Waals surface area contributed by atoms with Gasteiger partial charge in [-0.25, -0.2) is 12.7 Å². The number of hydrogen-bond acceptors (Lipinski definition) is 4. The standard InChI is InChI=1S/C14H24N2O2S2/c17-20(18,16-4-6-19-7-5-16)8-3-15-11-14-10-12-1-2-13(14)9-12/h1-2,12-15H,3-11H2. The average molecular weight is 316 g/mol. The molecular formula is C14H24N2O2S2. The molecule has 1 saturated carbocycles. The van der Waals surface area contributed by atoms with Gasteiger partial charge in [-0.05, 0) is 37.1 Å². The quantitative estimate of drug-likeness (QED) is 0.590. The van der Waals surface area contributed by atoms with Crippen LogP contribution < -0.4 is 5.32 Å². The first-order valence-corrected chi connectivity index (χ1v) is 10.4. The van der Waals surface area contributed by atoms with E-state index in [2.05, 4.69) is 17.5 Å². The molecule has 4 nitrogen and oxygen atoms in total. The van der Waals surface area contributed by atoms with Crippen molar-refractivity contribution in [3.05, 3.63) is 12.2 Å². The smallest absolute Gasteiger partial charge is 0.215 e. The third-order valence-corrected chi connectivity index (χ3v) is 7.54. The largest absolute Gasteiger partial charge is 0.315 e.